The molecule has 1 aromatic carbocycles. The molecule has 1 aliphatic rings. The number of carbonyl (C=O) groups is 1. The number of benzene rings is 1. The lowest BCUT2D eigenvalue weighted by Crippen LogP contribution is -2.39. The minimum Gasteiger partial charge on any atom is -0.448 e. The third kappa shape index (κ3) is 2.87. The van der Waals surface area contributed by atoms with E-state index in [2.05, 4.69) is 4.74 Å². The number of hydrogen-bond donors (Lipinski definition) is 0. The van der Waals surface area contributed by atoms with E-state index in [1.807, 2.05) is 0 Å². The number of carbonyl (C=O) groups excluding carboxylic acids is 1. The number of ether oxygens (including phenoxy) is 1. The second kappa shape index (κ2) is 5.48. The molecule has 18 heavy (non-hydrogen) atoms. The Morgan fingerprint density at radius 2 is 1.83 bits per heavy atom. The van der Waals surface area contributed by atoms with Crippen molar-refractivity contribution in [1.82, 2.24) is 4.90 Å². The standard InChI is InChI=1S/C11H10F3NO2.ClH/c12-11(13,14)9(8-4-2-1-3-5-8)15-6-7-17-10(15)16;/h1-5,9H,6-7H2;1H. The molecule has 1 heterocycles. The van der Waals surface area contributed by atoms with Crippen molar-refractivity contribution in [3.8, 4) is 0 Å². The molecule has 0 bridgehead atoms. The predicted molar refractivity (Wildman–Crippen MR) is 60.5 cm³/mol. The van der Waals surface area contributed by atoms with Gasteiger partial charge in [0.25, 0.3) is 0 Å². The maximum atomic E-state index is 13.0. The van der Waals surface area contributed by atoms with Gasteiger partial charge in [0.05, 0.1) is 6.54 Å². The summed E-state index contributed by atoms with van der Waals surface area (Å²) >= 11 is 0. The van der Waals surface area contributed by atoms with E-state index in [-0.39, 0.29) is 31.1 Å². The van der Waals surface area contributed by atoms with Gasteiger partial charge in [-0.05, 0) is 5.56 Å². The average Bonchev–Trinajstić information content (AvgIpc) is 2.65. The molecule has 0 aromatic heterocycles. The first kappa shape index (κ1) is 14.6. The third-order valence-electron chi connectivity index (χ3n) is 2.53. The van der Waals surface area contributed by atoms with E-state index >= 15 is 0 Å². The summed E-state index contributed by atoms with van der Waals surface area (Å²) in [5.41, 5.74) is 0.0406. The first-order valence-electron chi connectivity index (χ1n) is 5.05. The molecule has 100 valence electrons. The Morgan fingerprint density at radius 1 is 1.22 bits per heavy atom. The highest BCUT2D eigenvalue weighted by Crippen LogP contribution is 2.38. The number of halogens is 4. The molecule has 7 heteroatoms. The van der Waals surface area contributed by atoms with Crippen LogP contribution >= 0.6 is 12.4 Å². The number of cyclic esters (lactones) is 1. The Bertz CT molecular complexity index is 410. The Hall–Kier alpha value is -1.43. The Morgan fingerprint density at radius 3 is 2.28 bits per heavy atom. The molecule has 1 fully saturated rings. The molecule has 2 rings (SSSR count). The molecule has 1 aliphatic heterocycles. The zero-order chi connectivity index (χ0) is 12.5. The predicted octanol–water partition coefficient (Wildman–Crippen LogP) is 3.16. The summed E-state index contributed by atoms with van der Waals surface area (Å²) in [5, 5.41) is 0. The van der Waals surface area contributed by atoms with Crippen LogP contribution in [-0.4, -0.2) is 30.3 Å². The molecule has 0 spiro atoms. The molecule has 0 N–H and O–H groups in total. The molecule has 3 nitrogen and oxygen atoms in total. The third-order valence-corrected chi connectivity index (χ3v) is 2.53. The van der Waals surface area contributed by atoms with Crippen LogP contribution in [-0.2, 0) is 4.74 Å². The number of alkyl halides is 3. The van der Waals surface area contributed by atoms with Crippen LogP contribution in [0.5, 0.6) is 0 Å². The highest BCUT2D eigenvalue weighted by molar-refractivity contribution is 5.85. The van der Waals surface area contributed by atoms with Gasteiger partial charge in [-0.1, -0.05) is 30.3 Å². The van der Waals surface area contributed by atoms with Crippen LogP contribution < -0.4 is 0 Å². The van der Waals surface area contributed by atoms with Crippen LogP contribution in [0, 0.1) is 0 Å². The quantitative estimate of drug-likeness (QED) is 0.833. The van der Waals surface area contributed by atoms with Gasteiger partial charge in [-0.15, -0.1) is 12.4 Å². The lowest BCUT2D eigenvalue weighted by Gasteiger charge is -2.27. The van der Waals surface area contributed by atoms with Crippen LogP contribution in [0.4, 0.5) is 18.0 Å². The molecule has 1 aromatic rings. The lowest BCUT2D eigenvalue weighted by atomic mass is 10.1. The smallest absolute Gasteiger partial charge is 0.413 e. The summed E-state index contributed by atoms with van der Waals surface area (Å²) in [6.45, 7) is -0.0455. The summed E-state index contributed by atoms with van der Waals surface area (Å²) in [5.74, 6) is 0. The van der Waals surface area contributed by atoms with Gasteiger partial charge in [0.1, 0.15) is 6.61 Å². The number of amides is 1. The van der Waals surface area contributed by atoms with Gasteiger partial charge in [0.15, 0.2) is 6.04 Å². The summed E-state index contributed by atoms with van der Waals surface area (Å²) in [6, 6.07) is 5.41. The zero-order valence-electron chi connectivity index (χ0n) is 9.18. The van der Waals surface area contributed by atoms with Crippen LogP contribution in [0.2, 0.25) is 0 Å². The molecular weight excluding hydrogens is 271 g/mol. The van der Waals surface area contributed by atoms with Crippen molar-refractivity contribution in [3.63, 3.8) is 0 Å². The first-order valence-corrected chi connectivity index (χ1v) is 5.05. The van der Waals surface area contributed by atoms with Crippen LogP contribution in [0.25, 0.3) is 0 Å². The summed E-state index contributed by atoms with van der Waals surface area (Å²) in [4.78, 5) is 11.9. The van der Waals surface area contributed by atoms with E-state index in [0.717, 1.165) is 0 Å². The Balaban J connectivity index is 0.00000162. The van der Waals surface area contributed by atoms with Gasteiger partial charge in [0.2, 0.25) is 0 Å². The molecule has 0 radical (unpaired) electrons. The van der Waals surface area contributed by atoms with Crippen molar-refractivity contribution in [3.05, 3.63) is 35.9 Å². The van der Waals surface area contributed by atoms with E-state index in [0.29, 0.717) is 4.90 Å². The highest BCUT2D eigenvalue weighted by Gasteiger charge is 2.48. The van der Waals surface area contributed by atoms with Gasteiger partial charge in [-0.25, -0.2) is 4.79 Å². The SMILES string of the molecule is Cl.O=C1OCCN1C(c1ccccc1)C(F)(F)F. The topological polar surface area (TPSA) is 29.5 Å². The van der Waals surface area contributed by atoms with Crippen molar-refractivity contribution >= 4 is 18.5 Å². The summed E-state index contributed by atoms with van der Waals surface area (Å²) < 4.78 is 43.5. The number of hydrogen-bond acceptors (Lipinski definition) is 2. The fraction of sp³-hybridized carbons (Fsp3) is 0.364. The van der Waals surface area contributed by atoms with Gasteiger partial charge in [0, 0.05) is 0 Å². The van der Waals surface area contributed by atoms with Crippen molar-refractivity contribution in [2.24, 2.45) is 0 Å². The molecule has 1 atom stereocenters. The summed E-state index contributed by atoms with van der Waals surface area (Å²) in [6.07, 6.45) is -5.43. The Labute approximate surface area is 108 Å². The van der Waals surface area contributed by atoms with Gasteiger partial charge in [-0.2, -0.15) is 13.2 Å². The normalized spacial score (nSPS) is 17.1. The second-order valence-electron chi connectivity index (χ2n) is 3.66. The maximum Gasteiger partial charge on any atom is 0.413 e. The monoisotopic (exact) mass is 281 g/mol. The first-order chi connectivity index (χ1) is 8.00. The van der Waals surface area contributed by atoms with E-state index < -0.39 is 18.3 Å². The van der Waals surface area contributed by atoms with E-state index in [4.69, 9.17) is 0 Å². The van der Waals surface area contributed by atoms with Crippen molar-refractivity contribution in [2.75, 3.05) is 13.2 Å². The minimum atomic E-state index is -4.51. The maximum absolute atomic E-state index is 13.0. The van der Waals surface area contributed by atoms with Gasteiger partial charge in [-0.3, -0.25) is 4.90 Å². The Kier molecular flexibility index (Phi) is 4.45. The van der Waals surface area contributed by atoms with Crippen molar-refractivity contribution in [1.29, 1.82) is 0 Å². The van der Waals surface area contributed by atoms with Crippen molar-refractivity contribution < 1.29 is 22.7 Å². The highest BCUT2D eigenvalue weighted by atomic mass is 35.5. The fourth-order valence-electron chi connectivity index (χ4n) is 1.82. The van der Waals surface area contributed by atoms with Gasteiger partial charge < -0.3 is 4.74 Å². The van der Waals surface area contributed by atoms with Crippen LogP contribution in [0.1, 0.15) is 11.6 Å². The van der Waals surface area contributed by atoms with Crippen LogP contribution in [0.15, 0.2) is 30.3 Å². The number of nitrogens with zero attached hydrogens (tertiary/aromatic N) is 1. The molecule has 0 saturated carbocycles. The molecular formula is C11H11ClF3NO2. The second-order valence-corrected chi connectivity index (χ2v) is 3.66. The van der Waals surface area contributed by atoms with Crippen molar-refractivity contribution in [2.45, 2.75) is 12.2 Å². The zero-order valence-corrected chi connectivity index (χ0v) is 10.0. The summed E-state index contributed by atoms with van der Waals surface area (Å²) in [7, 11) is 0. The molecule has 0 aliphatic carbocycles. The van der Waals surface area contributed by atoms with E-state index in [1.165, 1.54) is 24.3 Å². The fourth-order valence-corrected chi connectivity index (χ4v) is 1.82. The number of rotatable bonds is 2. The largest absolute Gasteiger partial charge is 0.448 e. The van der Waals surface area contributed by atoms with Gasteiger partial charge >= 0.3 is 12.3 Å². The van der Waals surface area contributed by atoms with E-state index in [9.17, 15) is 18.0 Å². The van der Waals surface area contributed by atoms with Crippen LogP contribution in [0.3, 0.4) is 0 Å². The lowest BCUT2D eigenvalue weighted by molar-refractivity contribution is -0.177. The molecule has 1 unspecified atom stereocenters. The average molecular weight is 282 g/mol. The van der Waals surface area contributed by atoms with E-state index in [1.54, 1.807) is 6.07 Å². The molecule has 1 amide bonds. The molecule has 1 saturated heterocycles. The minimum absolute atomic E-state index is 0.